The number of nitrogens with one attached hydrogen (secondary N) is 1. The Hall–Kier alpha value is -0.860. The third-order valence-electron chi connectivity index (χ3n) is 4.02. The summed E-state index contributed by atoms with van der Waals surface area (Å²) < 4.78 is 5.41. The molecular formula is C15H23NO. The van der Waals surface area contributed by atoms with Crippen LogP contribution in [0.5, 0.6) is 0 Å². The summed E-state index contributed by atoms with van der Waals surface area (Å²) >= 11 is 0. The summed E-state index contributed by atoms with van der Waals surface area (Å²) in [4.78, 5) is 0. The topological polar surface area (TPSA) is 21.3 Å². The number of ether oxygens (including phenoxy) is 1. The van der Waals surface area contributed by atoms with Crippen LogP contribution in [0, 0.1) is 0 Å². The summed E-state index contributed by atoms with van der Waals surface area (Å²) in [6, 6.07) is 9.32. The van der Waals surface area contributed by atoms with Gasteiger partial charge in [-0.05, 0) is 43.9 Å². The van der Waals surface area contributed by atoms with E-state index in [-0.39, 0.29) is 12.1 Å². The van der Waals surface area contributed by atoms with Gasteiger partial charge in [0.15, 0.2) is 0 Å². The van der Waals surface area contributed by atoms with Crippen molar-refractivity contribution in [2.45, 2.75) is 44.2 Å². The van der Waals surface area contributed by atoms with E-state index in [1.165, 1.54) is 30.4 Å². The molecule has 0 aromatic heterocycles. The molecule has 0 aliphatic heterocycles. The predicted octanol–water partition coefficient (Wildman–Crippen LogP) is 3.25. The number of benzene rings is 1. The van der Waals surface area contributed by atoms with Crippen molar-refractivity contribution in [2.75, 3.05) is 14.2 Å². The minimum atomic E-state index is 0.189. The molecule has 0 saturated heterocycles. The molecule has 94 valence electrons. The van der Waals surface area contributed by atoms with E-state index < -0.39 is 0 Å². The molecule has 2 heteroatoms. The fourth-order valence-corrected chi connectivity index (χ4v) is 2.53. The second-order valence-electron chi connectivity index (χ2n) is 5.00. The molecule has 0 amide bonds. The van der Waals surface area contributed by atoms with Crippen molar-refractivity contribution in [2.24, 2.45) is 0 Å². The Kier molecular flexibility index (Phi) is 4.19. The monoisotopic (exact) mass is 233 g/mol. The van der Waals surface area contributed by atoms with E-state index in [1.54, 1.807) is 7.11 Å². The van der Waals surface area contributed by atoms with Crippen molar-refractivity contribution in [3.05, 3.63) is 35.4 Å². The van der Waals surface area contributed by atoms with Crippen molar-refractivity contribution in [3.63, 3.8) is 0 Å². The van der Waals surface area contributed by atoms with Gasteiger partial charge in [-0.15, -0.1) is 0 Å². The third-order valence-corrected chi connectivity index (χ3v) is 4.02. The van der Waals surface area contributed by atoms with Crippen LogP contribution in [-0.4, -0.2) is 20.3 Å². The van der Waals surface area contributed by atoms with Crippen LogP contribution in [0.2, 0.25) is 0 Å². The second kappa shape index (κ2) is 5.65. The number of rotatable bonds is 5. The molecule has 17 heavy (non-hydrogen) atoms. The van der Waals surface area contributed by atoms with E-state index in [1.807, 2.05) is 7.05 Å². The summed E-state index contributed by atoms with van der Waals surface area (Å²) in [5, 5.41) is 3.32. The normalized spacial score (nSPS) is 19.7. The van der Waals surface area contributed by atoms with E-state index in [9.17, 15) is 0 Å². The highest BCUT2D eigenvalue weighted by atomic mass is 16.5. The highest BCUT2D eigenvalue weighted by Crippen LogP contribution is 2.36. The lowest BCUT2D eigenvalue weighted by Crippen LogP contribution is -2.28. The summed E-state index contributed by atoms with van der Waals surface area (Å²) in [6.07, 6.45) is 4.31. The minimum Gasteiger partial charge on any atom is -0.380 e. The van der Waals surface area contributed by atoms with Crippen molar-refractivity contribution < 1.29 is 4.74 Å². The molecule has 1 aromatic rings. The second-order valence-corrected chi connectivity index (χ2v) is 5.00. The van der Waals surface area contributed by atoms with Gasteiger partial charge in [-0.3, -0.25) is 0 Å². The summed E-state index contributed by atoms with van der Waals surface area (Å²) in [7, 11) is 3.75. The van der Waals surface area contributed by atoms with Gasteiger partial charge in [-0.25, -0.2) is 0 Å². The molecule has 1 aliphatic carbocycles. The SMILES string of the molecule is CNC(c1ccc(C2CCC2)cc1)C(C)OC. The molecule has 0 bridgehead atoms. The van der Waals surface area contributed by atoms with Crippen LogP contribution in [0.1, 0.15) is 49.3 Å². The predicted molar refractivity (Wildman–Crippen MR) is 71.3 cm³/mol. The van der Waals surface area contributed by atoms with Crippen molar-refractivity contribution in [1.82, 2.24) is 5.32 Å². The largest absolute Gasteiger partial charge is 0.380 e. The van der Waals surface area contributed by atoms with E-state index in [4.69, 9.17) is 4.74 Å². The molecule has 0 spiro atoms. The quantitative estimate of drug-likeness (QED) is 0.843. The molecule has 1 aliphatic rings. The highest BCUT2D eigenvalue weighted by molar-refractivity contribution is 5.29. The molecule has 2 atom stereocenters. The molecule has 1 fully saturated rings. The van der Waals surface area contributed by atoms with Gasteiger partial charge in [0, 0.05) is 7.11 Å². The first-order valence-corrected chi connectivity index (χ1v) is 6.56. The molecule has 2 nitrogen and oxygen atoms in total. The molecule has 0 heterocycles. The van der Waals surface area contributed by atoms with Crippen LogP contribution in [0.25, 0.3) is 0 Å². The first-order valence-electron chi connectivity index (χ1n) is 6.56. The first kappa shape index (κ1) is 12.6. The summed E-state index contributed by atoms with van der Waals surface area (Å²) in [5.74, 6) is 0.817. The first-order chi connectivity index (χ1) is 8.26. The zero-order valence-electron chi connectivity index (χ0n) is 11.1. The standard InChI is InChI=1S/C15H23NO/c1-11(17-3)15(16-2)14-9-7-13(8-10-14)12-5-4-6-12/h7-12,15-16H,4-6H2,1-3H3. The van der Waals surface area contributed by atoms with Gasteiger partial charge < -0.3 is 10.1 Å². The maximum Gasteiger partial charge on any atom is 0.0737 e. The zero-order valence-corrected chi connectivity index (χ0v) is 11.1. The van der Waals surface area contributed by atoms with Gasteiger partial charge >= 0.3 is 0 Å². The minimum absolute atomic E-state index is 0.189. The maximum atomic E-state index is 5.41. The average molecular weight is 233 g/mol. The Morgan fingerprint density at radius 1 is 1.24 bits per heavy atom. The van der Waals surface area contributed by atoms with E-state index in [0.29, 0.717) is 0 Å². The van der Waals surface area contributed by atoms with Gasteiger partial charge in [-0.1, -0.05) is 30.7 Å². The summed E-state index contributed by atoms with van der Waals surface area (Å²) in [6.45, 7) is 2.10. The number of methoxy groups -OCH3 is 1. The van der Waals surface area contributed by atoms with Gasteiger partial charge in [0.1, 0.15) is 0 Å². The lowest BCUT2D eigenvalue weighted by Gasteiger charge is -2.27. The molecule has 1 N–H and O–H groups in total. The molecule has 1 aromatic carbocycles. The lowest BCUT2D eigenvalue weighted by molar-refractivity contribution is 0.0857. The van der Waals surface area contributed by atoms with E-state index in [0.717, 1.165) is 5.92 Å². The van der Waals surface area contributed by atoms with Crippen LogP contribution in [0.3, 0.4) is 0 Å². The smallest absolute Gasteiger partial charge is 0.0737 e. The van der Waals surface area contributed by atoms with Crippen LogP contribution in [0.15, 0.2) is 24.3 Å². The molecular weight excluding hydrogens is 210 g/mol. The Morgan fingerprint density at radius 2 is 1.88 bits per heavy atom. The third kappa shape index (κ3) is 2.70. The molecule has 2 unspecified atom stereocenters. The zero-order chi connectivity index (χ0) is 12.3. The molecule has 1 saturated carbocycles. The fourth-order valence-electron chi connectivity index (χ4n) is 2.53. The van der Waals surface area contributed by atoms with Gasteiger partial charge in [0.2, 0.25) is 0 Å². The van der Waals surface area contributed by atoms with E-state index in [2.05, 4.69) is 36.5 Å². The Labute approximate surface area is 104 Å². The van der Waals surface area contributed by atoms with Crippen molar-refractivity contribution in [1.29, 1.82) is 0 Å². The summed E-state index contributed by atoms with van der Waals surface area (Å²) in [5.41, 5.74) is 2.81. The van der Waals surface area contributed by atoms with Gasteiger partial charge in [0.05, 0.1) is 12.1 Å². The average Bonchev–Trinajstić information content (AvgIpc) is 2.29. The van der Waals surface area contributed by atoms with Crippen molar-refractivity contribution >= 4 is 0 Å². The number of likely N-dealkylation sites (N-methyl/N-ethyl adjacent to an activating group) is 1. The van der Waals surface area contributed by atoms with Crippen LogP contribution in [0.4, 0.5) is 0 Å². The Morgan fingerprint density at radius 3 is 2.29 bits per heavy atom. The van der Waals surface area contributed by atoms with Crippen LogP contribution < -0.4 is 5.32 Å². The lowest BCUT2D eigenvalue weighted by atomic mass is 9.80. The Bertz CT molecular complexity index is 342. The number of hydrogen-bond donors (Lipinski definition) is 1. The highest BCUT2D eigenvalue weighted by Gasteiger charge is 2.21. The van der Waals surface area contributed by atoms with Crippen LogP contribution >= 0.6 is 0 Å². The Balaban J connectivity index is 2.09. The fraction of sp³-hybridized carbons (Fsp3) is 0.600. The van der Waals surface area contributed by atoms with Gasteiger partial charge in [0.25, 0.3) is 0 Å². The van der Waals surface area contributed by atoms with Crippen LogP contribution in [-0.2, 0) is 4.74 Å². The van der Waals surface area contributed by atoms with E-state index >= 15 is 0 Å². The maximum absolute atomic E-state index is 5.41. The molecule has 2 rings (SSSR count). The van der Waals surface area contributed by atoms with Crippen molar-refractivity contribution in [3.8, 4) is 0 Å². The molecule has 0 radical (unpaired) electrons. The van der Waals surface area contributed by atoms with Gasteiger partial charge in [-0.2, -0.15) is 0 Å². The number of hydrogen-bond acceptors (Lipinski definition) is 2.